The molecular formula is C14H14Cl2FNO4. The molecule has 22 heavy (non-hydrogen) atoms. The van der Waals surface area contributed by atoms with Gasteiger partial charge in [-0.25, -0.2) is 14.2 Å². The highest BCUT2D eigenvalue weighted by Crippen LogP contribution is 2.27. The second-order valence-corrected chi connectivity index (χ2v) is 4.76. The Morgan fingerprint density at radius 2 is 1.86 bits per heavy atom. The fraction of sp³-hybridized carbons (Fsp3) is 0.357. The molecule has 0 fully saturated rings. The van der Waals surface area contributed by atoms with Crippen LogP contribution in [0.3, 0.4) is 0 Å². The van der Waals surface area contributed by atoms with E-state index in [1.807, 2.05) is 0 Å². The zero-order chi connectivity index (χ0) is 16.9. The van der Waals surface area contributed by atoms with Gasteiger partial charge in [-0.15, -0.1) is 0 Å². The quantitative estimate of drug-likeness (QED) is 0.149. The molecule has 0 aromatic carbocycles. The summed E-state index contributed by atoms with van der Waals surface area (Å²) in [5.74, 6) is -2.63. The molecule has 0 radical (unpaired) electrons. The van der Waals surface area contributed by atoms with Crippen molar-refractivity contribution in [2.24, 2.45) is 0 Å². The summed E-state index contributed by atoms with van der Waals surface area (Å²) in [6, 6.07) is 0. The molecule has 0 spiro atoms. The van der Waals surface area contributed by atoms with Crippen molar-refractivity contribution in [3.8, 4) is 0 Å². The zero-order valence-corrected chi connectivity index (χ0v) is 13.7. The number of hydrogen-bond donors (Lipinski definition) is 0. The van der Waals surface area contributed by atoms with Crippen LogP contribution in [0.2, 0.25) is 10.3 Å². The highest BCUT2D eigenvalue weighted by molar-refractivity contribution is 6.37. The van der Waals surface area contributed by atoms with E-state index in [0.29, 0.717) is 0 Å². The molecule has 5 nitrogen and oxygen atoms in total. The number of aromatic nitrogens is 1. The number of esters is 1. The Kier molecular flexibility index (Phi) is 6.77. The fourth-order valence-corrected chi connectivity index (χ4v) is 2.16. The van der Waals surface area contributed by atoms with Crippen LogP contribution in [-0.2, 0) is 14.3 Å². The lowest BCUT2D eigenvalue weighted by molar-refractivity contribution is -0.138. The summed E-state index contributed by atoms with van der Waals surface area (Å²) in [5.41, 5.74) is -0.776. The van der Waals surface area contributed by atoms with Crippen LogP contribution in [0.4, 0.5) is 4.39 Å². The minimum Gasteiger partial charge on any atom is -0.500 e. The Balaban J connectivity index is 3.37. The summed E-state index contributed by atoms with van der Waals surface area (Å²) in [7, 11) is 0. The van der Waals surface area contributed by atoms with Crippen molar-refractivity contribution in [3.05, 3.63) is 39.1 Å². The summed E-state index contributed by atoms with van der Waals surface area (Å²) in [5, 5.41) is -0.758. The molecule has 1 aromatic rings. The third-order valence-corrected chi connectivity index (χ3v) is 3.15. The van der Waals surface area contributed by atoms with Gasteiger partial charge in [0.15, 0.2) is 11.0 Å². The van der Waals surface area contributed by atoms with Gasteiger partial charge in [0.2, 0.25) is 5.78 Å². The van der Waals surface area contributed by atoms with Crippen molar-refractivity contribution >= 4 is 35.0 Å². The Morgan fingerprint density at radius 1 is 1.23 bits per heavy atom. The summed E-state index contributed by atoms with van der Waals surface area (Å²) in [6.07, 6.45) is 0.961. The molecule has 0 saturated carbocycles. The van der Waals surface area contributed by atoms with E-state index >= 15 is 0 Å². The van der Waals surface area contributed by atoms with E-state index in [2.05, 4.69) is 4.98 Å². The van der Waals surface area contributed by atoms with Crippen LogP contribution in [0.15, 0.2) is 11.8 Å². The normalized spacial score (nSPS) is 11.3. The van der Waals surface area contributed by atoms with Gasteiger partial charge in [0.25, 0.3) is 0 Å². The number of pyridine rings is 1. The second kappa shape index (κ2) is 8.10. The summed E-state index contributed by atoms with van der Waals surface area (Å²) >= 11 is 11.4. The van der Waals surface area contributed by atoms with E-state index in [1.54, 1.807) is 13.8 Å². The molecule has 0 aliphatic heterocycles. The first-order valence-corrected chi connectivity index (χ1v) is 7.15. The van der Waals surface area contributed by atoms with Gasteiger partial charge in [-0.05, 0) is 20.8 Å². The van der Waals surface area contributed by atoms with Crippen molar-refractivity contribution in [1.82, 2.24) is 4.98 Å². The first-order chi connectivity index (χ1) is 10.3. The number of carbonyl (C=O) groups excluding carboxylic acids is 2. The molecule has 0 N–H and O–H groups in total. The minimum absolute atomic E-state index is 0.0650. The molecule has 0 aliphatic carbocycles. The van der Waals surface area contributed by atoms with Gasteiger partial charge < -0.3 is 9.47 Å². The van der Waals surface area contributed by atoms with Crippen LogP contribution in [0.25, 0.3) is 0 Å². The fourth-order valence-electron chi connectivity index (χ4n) is 1.58. The van der Waals surface area contributed by atoms with Crippen molar-refractivity contribution in [1.29, 1.82) is 0 Å². The number of halogens is 3. The summed E-state index contributed by atoms with van der Waals surface area (Å²) in [4.78, 5) is 27.9. The number of nitrogens with zero attached hydrogens (tertiary/aromatic N) is 1. The highest BCUT2D eigenvalue weighted by Gasteiger charge is 2.28. The average Bonchev–Trinajstić information content (AvgIpc) is 2.45. The highest BCUT2D eigenvalue weighted by atomic mass is 35.5. The Labute approximate surface area is 137 Å². The topological polar surface area (TPSA) is 65.5 Å². The molecule has 0 aliphatic rings. The van der Waals surface area contributed by atoms with E-state index < -0.39 is 28.3 Å². The number of ether oxygens (including phenoxy) is 2. The first-order valence-electron chi connectivity index (χ1n) is 6.39. The molecule has 0 amide bonds. The first kappa shape index (κ1) is 18.4. The van der Waals surface area contributed by atoms with Crippen molar-refractivity contribution in [2.45, 2.75) is 20.8 Å². The van der Waals surface area contributed by atoms with E-state index in [9.17, 15) is 14.0 Å². The molecule has 1 rings (SSSR count). The zero-order valence-electron chi connectivity index (χ0n) is 12.2. The van der Waals surface area contributed by atoms with Crippen molar-refractivity contribution < 1.29 is 23.5 Å². The van der Waals surface area contributed by atoms with Gasteiger partial charge in [-0.2, -0.15) is 0 Å². The van der Waals surface area contributed by atoms with Gasteiger partial charge in [0.1, 0.15) is 17.0 Å². The van der Waals surface area contributed by atoms with E-state index in [-0.39, 0.29) is 29.5 Å². The lowest BCUT2D eigenvalue weighted by atomic mass is 10.0. The Morgan fingerprint density at radius 3 is 2.41 bits per heavy atom. The second-order valence-electron chi connectivity index (χ2n) is 4.04. The number of Topliss-reactive ketones (excluding diaryl/α,β-unsaturated/α-hetero) is 1. The van der Waals surface area contributed by atoms with Gasteiger partial charge in [-0.1, -0.05) is 23.2 Å². The Bertz CT molecular complexity index is 632. The van der Waals surface area contributed by atoms with Gasteiger partial charge >= 0.3 is 5.97 Å². The third-order valence-electron chi connectivity index (χ3n) is 2.62. The molecule has 0 unspecified atom stereocenters. The van der Waals surface area contributed by atoms with Crippen LogP contribution in [0, 0.1) is 12.7 Å². The maximum atomic E-state index is 13.8. The van der Waals surface area contributed by atoms with E-state index in [0.717, 1.165) is 6.26 Å². The average molecular weight is 350 g/mol. The molecule has 0 saturated heterocycles. The van der Waals surface area contributed by atoms with E-state index in [4.69, 9.17) is 32.7 Å². The smallest absolute Gasteiger partial charge is 0.345 e. The maximum Gasteiger partial charge on any atom is 0.345 e. The van der Waals surface area contributed by atoms with Crippen molar-refractivity contribution in [2.75, 3.05) is 13.2 Å². The molecule has 120 valence electrons. The largest absolute Gasteiger partial charge is 0.500 e. The molecule has 8 heteroatoms. The van der Waals surface area contributed by atoms with Gasteiger partial charge in [-0.3, -0.25) is 4.79 Å². The third kappa shape index (κ3) is 3.96. The van der Waals surface area contributed by atoms with Crippen LogP contribution in [0.1, 0.15) is 29.8 Å². The molecular weight excluding hydrogens is 336 g/mol. The predicted molar refractivity (Wildman–Crippen MR) is 79.6 cm³/mol. The van der Waals surface area contributed by atoms with Crippen LogP contribution in [-0.4, -0.2) is 30.0 Å². The van der Waals surface area contributed by atoms with Gasteiger partial charge in [0.05, 0.1) is 18.8 Å². The molecule has 1 heterocycles. The monoisotopic (exact) mass is 349 g/mol. The maximum absolute atomic E-state index is 13.8. The molecule has 1 aromatic heterocycles. The Hall–Kier alpha value is -1.66. The number of carbonyl (C=O) groups is 2. The lowest BCUT2D eigenvalue weighted by Crippen LogP contribution is -2.19. The minimum atomic E-state index is -0.897. The van der Waals surface area contributed by atoms with Crippen molar-refractivity contribution in [3.63, 3.8) is 0 Å². The number of rotatable bonds is 6. The SMILES string of the molecule is CCO/C=C(/C(=O)OCC)C(=O)c1c(Cl)nc(Cl)c(F)c1C. The van der Waals surface area contributed by atoms with Crippen LogP contribution >= 0.6 is 23.2 Å². The molecule has 0 atom stereocenters. The lowest BCUT2D eigenvalue weighted by Gasteiger charge is -2.11. The number of hydrogen-bond acceptors (Lipinski definition) is 5. The van der Waals surface area contributed by atoms with Gasteiger partial charge in [0, 0.05) is 5.56 Å². The summed E-state index contributed by atoms with van der Waals surface area (Å²) in [6.45, 7) is 4.87. The predicted octanol–water partition coefficient (Wildman–Crippen LogP) is 3.50. The number of ketones is 1. The van der Waals surface area contributed by atoms with Crippen LogP contribution in [0.5, 0.6) is 0 Å². The standard InChI is InChI=1S/C14H14Cl2FNO4/c1-4-21-6-8(14(20)22-5-2)11(19)9-7(3)10(17)13(16)18-12(9)15/h6H,4-5H2,1-3H3/b8-6+. The van der Waals surface area contributed by atoms with Crippen LogP contribution < -0.4 is 0 Å². The molecule has 0 bridgehead atoms. The van der Waals surface area contributed by atoms with E-state index in [1.165, 1.54) is 6.92 Å². The summed E-state index contributed by atoms with van der Waals surface area (Å²) < 4.78 is 23.6.